The zero-order valence-corrected chi connectivity index (χ0v) is 34.3. The summed E-state index contributed by atoms with van der Waals surface area (Å²) in [6.07, 6.45) is 48.7. The van der Waals surface area contributed by atoms with Crippen molar-refractivity contribution in [2.24, 2.45) is 0 Å². The molecule has 0 atom stereocenters. The van der Waals surface area contributed by atoms with Gasteiger partial charge in [-0.05, 0) is 51.4 Å². The van der Waals surface area contributed by atoms with Gasteiger partial charge in [0.1, 0.15) is 0 Å². The van der Waals surface area contributed by atoms with E-state index in [4.69, 9.17) is 0 Å². The van der Waals surface area contributed by atoms with Crippen LogP contribution in [0.4, 0.5) is 0 Å². The molecule has 0 heterocycles. The Morgan fingerprint density at radius 2 is 0.521 bits per heavy atom. The highest BCUT2D eigenvalue weighted by molar-refractivity contribution is 5.64. The molecule has 0 unspecified atom stereocenters. The first-order chi connectivity index (χ1) is 23.5. The van der Waals surface area contributed by atoms with Crippen molar-refractivity contribution >= 4 is 5.97 Å². The Morgan fingerprint density at radius 1 is 0.333 bits per heavy atom. The van der Waals surface area contributed by atoms with E-state index < -0.39 is 5.97 Å². The van der Waals surface area contributed by atoms with E-state index in [1.807, 2.05) is 0 Å². The molecule has 0 aliphatic rings. The van der Waals surface area contributed by atoms with E-state index >= 15 is 0 Å². The second-order valence-corrected chi connectivity index (χ2v) is 15.9. The normalized spacial score (nSPS) is 11.5. The Balaban J connectivity index is 0. The lowest BCUT2D eigenvalue weighted by Gasteiger charge is -2.35. The van der Waals surface area contributed by atoms with Crippen LogP contribution in [0.25, 0.3) is 0 Å². The molecule has 48 heavy (non-hydrogen) atoms. The first-order valence-electron chi connectivity index (χ1n) is 22.5. The maximum Gasteiger partial charge on any atom is 0.0784 e. The molecule has 0 fully saturated rings. The summed E-state index contributed by atoms with van der Waals surface area (Å²) in [4.78, 5) is 10.2. The van der Waals surface area contributed by atoms with Gasteiger partial charge in [-0.15, -0.1) is 0 Å². The van der Waals surface area contributed by atoms with E-state index in [0.29, 0.717) is 0 Å². The zero-order valence-electron chi connectivity index (χ0n) is 34.3. The van der Waals surface area contributed by atoms with E-state index in [0.717, 1.165) is 12.8 Å². The second kappa shape index (κ2) is 42.6. The molecule has 3 heteroatoms. The molecule has 0 bridgehead atoms. The highest BCUT2D eigenvalue weighted by Crippen LogP contribution is 2.17. The smallest absolute Gasteiger partial charge is 0.0784 e. The van der Waals surface area contributed by atoms with Crippen molar-refractivity contribution in [3.05, 3.63) is 0 Å². The van der Waals surface area contributed by atoms with E-state index in [2.05, 4.69) is 34.7 Å². The minimum Gasteiger partial charge on any atom is -0.550 e. The third-order valence-electron chi connectivity index (χ3n) is 10.6. The molecule has 0 aliphatic heterocycles. The van der Waals surface area contributed by atoms with Gasteiger partial charge in [0.05, 0.1) is 26.7 Å². The summed E-state index contributed by atoms with van der Waals surface area (Å²) in [5.74, 6) is -0.903. The van der Waals surface area contributed by atoms with Crippen molar-refractivity contribution in [1.82, 2.24) is 0 Å². The van der Waals surface area contributed by atoms with Gasteiger partial charge in [0.2, 0.25) is 0 Å². The SMILES string of the molecule is CCCCCCCCCCCCCCCCCC(=O)[O-].CCCCCCCCCC[N+](C)(CCCCCCCC)CCCCCCCC. The number of rotatable bonds is 39. The number of quaternary nitrogens is 1. The summed E-state index contributed by atoms with van der Waals surface area (Å²) < 4.78 is 1.36. The van der Waals surface area contributed by atoms with Crippen LogP contribution in [0.15, 0.2) is 0 Å². The molecule has 0 radical (unpaired) electrons. The standard InChI is InChI=1S/C27H58N.C18H36O2/c1-5-8-11-14-17-18-21-24-27-28(4,25-22-19-15-12-9-6-2)26-23-20-16-13-10-7-3;1-2-3-4-5-6-7-8-9-10-11-12-13-14-15-16-17-18(19)20/h5-27H2,1-4H3;2-17H2,1H3,(H,19,20)/q+1;/p-1. The molecule has 0 aliphatic carbocycles. The zero-order chi connectivity index (χ0) is 35.7. The Kier molecular flexibility index (Phi) is 44.0. The number of hydrogen-bond acceptors (Lipinski definition) is 2. The number of unbranched alkanes of at least 4 members (excludes halogenated alkanes) is 31. The summed E-state index contributed by atoms with van der Waals surface area (Å²) >= 11 is 0. The van der Waals surface area contributed by atoms with Gasteiger partial charge in [-0.25, -0.2) is 0 Å². The van der Waals surface area contributed by atoms with Crippen molar-refractivity contribution in [2.75, 3.05) is 26.7 Å². The first kappa shape index (κ1) is 49.5. The van der Waals surface area contributed by atoms with E-state index in [9.17, 15) is 9.90 Å². The van der Waals surface area contributed by atoms with E-state index in [1.54, 1.807) is 0 Å². The average Bonchev–Trinajstić information content (AvgIpc) is 3.07. The van der Waals surface area contributed by atoms with Gasteiger partial charge in [0.25, 0.3) is 0 Å². The van der Waals surface area contributed by atoms with Crippen molar-refractivity contribution < 1.29 is 14.4 Å². The molecule has 0 N–H and O–H groups in total. The van der Waals surface area contributed by atoms with Gasteiger partial charge < -0.3 is 14.4 Å². The maximum atomic E-state index is 10.2. The predicted octanol–water partition coefficient (Wildman–Crippen LogP) is 14.3. The topological polar surface area (TPSA) is 40.1 Å². The molecule has 0 spiro atoms. The molecule has 0 aromatic heterocycles. The van der Waals surface area contributed by atoms with Gasteiger partial charge >= 0.3 is 0 Å². The van der Waals surface area contributed by atoms with Crippen LogP contribution in [0.5, 0.6) is 0 Å². The minimum atomic E-state index is -0.903. The lowest BCUT2D eigenvalue weighted by molar-refractivity contribution is -0.910. The molecule has 0 aromatic carbocycles. The van der Waals surface area contributed by atoms with Crippen LogP contribution in [0, 0.1) is 0 Å². The fourth-order valence-corrected chi connectivity index (χ4v) is 7.15. The van der Waals surface area contributed by atoms with Gasteiger partial charge in [-0.2, -0.15) is 0 Å². The highest BCUT2D eigenvalue weighted by atomic mass is 16.4. The van der Waals surface area contributed by atoms with Crippen molar-refractivity contribution in [3.8, 4) is 0 Å². The van der Waals surface area contributed by atoms with Gasteiger partial charge in [0, 0.05) is 5.97 Å². The number of carboxylic acid groups (broad SMARTS) is 1. The number of carbonyl (C=O) groups is 1. The van der Waals surface area contributed by atoms with Gasteiger partial charge in [-0.1, -0.05) is 207 Å². The Labute approximate surface area is 305 Å². The van der Waals surface area contributed by atoms with Crippen molar-refractivity contribution in [2.45, 2.75) is 259 Å². The highest BCUT2D eigenvalue weighted by Gasteiger charge is 2.20. The Bertz CT molecular complexity index is 576. The number of hydrogen-bond donors (Lipinski definition) is 0. The van der Waals surface area contributed by atoms with Crippen molar-refractivity contribution in [1.29, 1.82) is 0 Å². The monoisotopic (exact) mass is 680 g/mol. The van der Waals surface area contributed by atoms with Crippen LogP contribution in [0.3, 0.4) is 0 Å². The van der Waals surface area contributed by atoms with Crippen LogP contribution < -0.4 is 5.11 Å². The quantitative estimate of drug-likeness (QED) is 0.0479. The molecule has 0 saturated carbocycles. The summed E-state index contributed by atoms with van der Waals surface area (Å²) in [6.45, 7) is 13.5. The number of carbonyl (C=O) groups excluding carboxylic acids is 1. The third kappa shape index (κ3) is 43.5. The summed E-state index contributed by atoms with van der Waals surface area (Å²) in [6, 6.07) is 0. The molecule has 0 rings (SSSR count). The average molecular weight is 680 g/mol. The van der Waals surface area contributed by atoms with Gasteiger partial charge in [0.15, 0.2) is 0 Å². The van der Waals surface area contributed by atoms with Crippen LogP contribution in [-0.2, 0) is 4.79 Å². The molecular weight excluding hydrogens is 587 g/mol. The van der Waals surface area contributed by atoms with Gasteiger partial charge in [-0.3, -0.25) is 0 Å². The Morgan fingerprint density at radius 3 is 0.729 bits per heavy atom. The fraction of sp³-hybridized carbons (Fsp3) is 0.978. The largest absolute Gasteiger partial charge is 0.550 e. The molecule has 0 aromatic rings. The summed E-state index contributed by atoms with van der Waals surface area (Å²) in [5.41, 5.74) is 0. The van der Waals surface area contributed by atoms with Crippen LogP contribution in [0.2, 0.25) is 0 Å². The minimum absolute atomic E-state index is 0.234. The third-order valence-corrected chi connectivity index (χ3v) is 10.6. The molecule has 3 nitrogen and oxygen atoms in total. The summed E-state index contributed by atoms with van der Waals surface area (Å²) in [5, 5.41) is 10.2. The van der Waals surface area contributed by atoms with Crippen molar-refractivity contribution in [3.63, 3.8) is 0 Å². The Hall–Kier alpha value is -0.570. The second-order valence-electron chi connectivity index (χ2n) is 15.9. The fourth-order valence-electron chi connectivity index (χ4n) is 7.15. The molecule has 290 valence electrons. The molecule has 0 saturated heterocycles. The van der Waals surface area contributed by atoms with Crippen LogP contribution in [-0.4, -0.2) is 37.1 Å². The van der Waals surface area contributed by atoms with Crippen LogP contribution in [0.1, 0.15) is 259 Å². The van der Waals surface area contributed by atoms with E-state index in [1.165, 1.54) is 236 Å². The number of aliphatic carboxylic acids is 1. The first-order valence-corrected chi connectivity index (χ1v) is 22.5. The van der Waals surface area contributed by atoms with E-state index in [-0.39, 0.29) is 6.42 Å². The maximum absolute atomic E-state index is 10.2. The lowest BCUT2D eigenvalue weighted by Crippen LogP contribution is -2.46. The molecule has 0 amide bonds. The lowest BCUT2D eigenvalue weighted by atomic mass is 10.0. The molecular formula is C45H93NO2. The number of carboxylic acids is 1. The number of nitrogens with zero attached hydrogens (tertiary/aromatic N) is 1. The predicted molar refractivity (Wildman–Crippen MR) is 215 cm³/mol. The summed E-state index contributed by atoms with van der Waals surface area (Å²) in [7, 11) is 2.57. The van der Waals surface area contributed by atoms with Crippen LogP contribution >= 0.6 is 0 Å².